The first-order valence-corrected chi connectivity index (χ1v) is 13.3. The van der Waals surface area contributed by atoms with E-state index < -0.39 is 40.4 Å². The van der Waals surface area contributed by atoms with Gasteiger partial charge in [0.1, 0.15) is 5.75 Å². The number of fused-ring (bicyclic) bond motifs is 3. The predicted molar refractivity (Wildman–Crippen MR) is 143 cm³/mol. The van der Waals surface area contributed by atoms with E-state index in [1.807, 2.05) is 6.08 Å². The molecule has 1 N–H and O–H groups in total. The lowest BCUT2D eigenvalue weighted by atomic mass is 9.59. The highest BCUT2D eigenvalue weighted by Gasteiger charge is 2.56. The largest absolute Gasteiger partial charge is 0.508 e. The summed E-state index contributed by atoms with van der Waals surface area (Å²) < 4.78 is 0.114. The lowest BCUT2D eigenvalue weighted by Crippen LogP contribution is -2.39. The Morgan fingerprint density at radius 3 is 2.41 bits per heavy atom. The molecule has 4 atom stereocenters. The number of aromatic hydroxyl groups is 1. The standard InChI is InChI=1S/C28H18BrClN2O7/c29-20-11-22(34)25-19(26(20)35)10-18-15(23(25)16-6-5-14(33)9-21(16)30)7-8-17-24(18)28(37)31(27(17)36)12-1-3-13(4-2-12)32(38)39/h1-7,9,11,17-18,23-24,33H,8,10H2/t17-,18+,23+,24-/m0/s1. The molecule has 1 saturated heterocycles. The Bertz CT molecular complexity index is 1620. The smallest absolute Gasteiger partial charge is 0.269 e. The van der Waals surface area contributed by atoms with Crippen molar-refractivity contribution in [1.82, 2.24) is 0 Å². The highest BCUT2D eigenvalue weighted by molar-refractivity contribution is 9.12. The van der Waals surface area contributed by atoms with Gasteiger partial charge in [0.2, 0.25) is 11.8 Å². The molecule has 2 amide bonds. The van der Waals surface area contributed by atoms with Gasteiger partial charge in [-0.2, -0.15) is 0 Å². The molecule has 0 radical (unpaired) electrons. The van der Waals surface area contributed by atoms with Crippen molar-refractivity contribution in [3.63, 3.8) is 0 Å². The van der Waals surface area contributed by atoms with E-state index in [0.717, 1.165) is 10.5 Å². The number of hydrogen-bond donors (Lipinski definition) is 1. The summed E-state index contributed by atoms with van der Waals surface area (Å²) in [6, 6.07) is 9.60. The molecule has 0 unspecified atom stereocenters. The topological polar surface area (TPSA) is 135 Å². The molecule has 3 aliphatic carbocycles. The molecule has 0 saturated carbocycles. The molecule has 4 aliphatic rings. The van der Waals surface area contributed by atoms with E-state index in [2.05, 4.69) is 15.9 Å². The van der Waals surface area contributed by atoms with Gasteiger partial charge < -0.3 is 5.11 Å². The van der Waals surface area contributed by atoms with Crippen molar-refractivity contribution in [1.29, 1.82) is 0 Å². The van der Waals surface area contributed by atoms with Gasteiger partial charge in [0.15, 0.2) is 11.6 Å². The molecule has 0 spiro atoms. The minimum atomic E-state index is -0.798. The van der Waals surface area contributed by atoms with Crippen molar-refractivity contribution >= 4 is 62.3 Å². The van der Waals surface area contributed by atoms with E-state index >= 15 is 0 Å². The van der Waals surface area contributed by atoms with Crippen molar-refractivity contribution < 1.29 is 29.2 Å². The monoisotopic (exact) mass is 608 g/mol. The third kappa shape index (κ3) is 3.81. The number of imide groups is 1. The second kappa shape index (κ2) is 9.10. The number of nitrogens with zero attached hydrogens (tertiary/aromatic N) is 2. The van der Waals surface area contributed by atoms with Crippen molar-refractivity contribution in [3.05, 3.63) is 96.5 Å². The summed E-state index contributed by atoms with van der Waals surface area (Å²) in [5, 5.41) is 21.2. The summed E-state index contributed by atoms with van der Waals surface area (Å²) in [6.07, 6.45) is 3.42. The summed E-state index contributed by atoms with van der Waals surface area (Å²) in [5.41, 5.74) is 1.84. The van der Waals surface area contributed by atoms with Crippen molar-refractivity contribution in [3.8, 4) is 5.75 Å². The van der Waals surface area contributed by atoms with Crippen LogP contribution in [0.4, 0.5) is 11.4 Å². The fourth-order valence-electron chi connectivity index (χ4n) is 6.29. The van der Waals surface area contributed by atoms with Crippen LogP contribution in [-0.2, 0) is 19.2 Å². The number of Topliss-reactive ketones (excluding diaryl/α,β-unsaturated/α-hetero) is 1. The zero-order chi connectivity index (χ0) is 27.7. The molecule has 2 aromatic carbocycles. The van der Waals surface area contributed by atoms with Crippen LogP contribution in [0.2, 0.25) is 5.02 Å². The number of phenols is 1. The average molecular weight is 610 g/mol. The molecule has 39 heavy (non-hydrogen) atoms. The Morgan fingerprint density at radius 2 is 1.74 bits per heavy atom. The van der Waals surface area contributed by atoms with Crippen LogP contribution in [0.5, 0.6) is 5.75 Å². The van der Waals surface area contributed by atoms with Gasteiger partial charge in [0, 0.05) is 40.3 Å². The van der Waals surface area contributed by atoms with Crippen LogP contribution in [0.25, 0.3) is 0 Å². The fourth-order valence-corrected chi connectivity index (χ4v) is 7.02. The number of halogens is 2. The van der Waals surface area contributed by atoms with Crippen LogP contribution in [0, 0.1) is 27.9 Å². The summed E-state index contributed by atoms with van der Waals surface area (Å²) in [5.74, 6) is -4.45. The number of non-ortho nitro benzene ring substituents is 1. The maximum atomic E-state index is 13.8. The first kappa shape index (κ1) is 25.4. The number of nitro benzene ring substituents is 1. The molecule has 9 nitrogen and oxygen atoms in total. The number of hydrogen-bond acceptors (Lipinski definition) is 7. The number of rotatable bonds is 3. The summed E-state index contributed by atoms with van der Waals surface area (Å²) in [6.45, 7) is 0. The van der Waals surface area contributed by atoms with Crippen LogP contribution in [0.1, 0.15) is 24.3 Å². The Labute approximate surface area is 234 Å². The second-order valence-corrected chi connectivity index (χ2v) is 11.1. The number of carbonyl (C=O) groups excluding carboxylic acids is 4. The number of nitro groups is 1. The highest BCUT2D eigenvalue weighted by Crippen LogP contribution is 2.56. The van der Waals surface area contributed by atoms with Gasteiger partial charge in [-0.05, 0) is 64.5 Å². The van der Waals surface area contributed by atoms with Gasteiger partial charge in [-0.3, -0.25) is 34.2 Å². The molecule has 196 valence electrons. The van der Waals surface area contributed by atoms with Gasteiger partial charge in [0.05, 0.1) is 26.9 Å². The normalized spacial score (nSPS) is 26.2. The summed E-state index contributed by atoms with van der Waals surface area (Å²) in [7, 11) is 0. The lowest BCUT2D eigenvalue weighted by molar-refractivity contribution is -0.384. The number of phenolic OH excluding ortho intramolecular Hbond substituents is 1. The molecule has 6 rings (SSSR count). The predicted octanol–water partition coefficient (Wildman–Crippen LogP) is 4.92. The van der Waals surface area contributed by atoms with E-state index in [-0.39, 0.29) is 62.2 Å². The lowest BCUT2D eigenvalue weighted by Gasteiger charge is -2.42. The Kier molecular flexibility index (Phi) is 5.92. The van der Waals surface area contributed by atoms with Gasteiger partial charge in [0.25, 0.3) is 5.69 Å². The zero-order valence-electron chi connectivity index (χ0n) is 20.0. The zero-order valence-corrected chi connectivity index (χ0v) is 22.3. The highest BCUT2D eigenvalue weighted by atomic mass is 79.9. The molecule has 1 fully saturated rings. The maximum absolute atomic E-state index is 13.8. The average Bonchev–Trinajstić information content (AvgIpc) is 3.16. The van der Waals surface area contributed by atoms with Crippen LogP contribution in [0.15, 0.2) is 75.8 Å². The number of benzene rings is 2. The number of anilines is 1. The molecular weight excluding hydrogens is 592 g/mol. The van der Waals surface area contributed by atoms with Gasteiger partial charge >= 0.3 is 0 Å². The van der Waals surface area contributed by atoms with Crippen LogP contribution >= 0.6 is 27.5 Å². The minimum Gasteiger partial charge on any atom is -0.508 e. The van der Waals surface area contributed by atoms with Crippen molar-refractivity contribution in [2.75, 3.05) is 4.90 Å². The second-order valence-electron chi connectivity index (χ2n) is 9.88. The van der Waals surface area contributed by atoms with E-state index in [9.17, 15) is 34.4 Å². The molecule has 2 aromatic rings. The quantitative estimate of drug-likeness (QED) is 0.172. The van der Waals surface area contributed by atoms with Gasteiger partial charge in [-0.15, -0.1) is 0 Å². The third-order valence-corrected chi connectivity index (χ3v) is 8.86. The molecule has 0 aromatic heterocycles. The SMILES string of the molecule is O=C1C=C(Br)C(=O)C2=C1[C@@H](c1ccc(O)cc1Cl)C1=CC[C@@H]3C(=O)N(c4ccc([N+](=O)[O-])cc4)C(=O)[C@@H]3[C@@H]1C2. The summed E-state index contributed by atoms with van der Waals surface area (Å²) >= 11 is 9.72. The number of ketones is 2. The third-order valence-electron chi connectivity index (χ3n) is 7.94. The molecule has 11 heteroatoms. The van der Waals surface area contributed by atoms with Crippen LogP contribution in [-0.4, -0.2) is 33.4 Å². The van der Waals surface area contributed by atoms with E-state index in [1.165, 1.54) is 42.5 Å². The summed E-state index contributed by atoms with van der Waals surface area (Å²) in [4.78, 5) is 65.4. The van der Waals surface area contributed by atoms with Gasteiger partial charge in [-0.1, -0.05) is 29.3 Å². The Balaban J connectivity index is 1.46. The van der Waals surface area contributed by atoms with Crippen molar-refractivity contribution in [2.24, 2.45) is 17.8 Å². The van der Waals surface area contributed by atoms with E-state index in [0.29, 0.717) is 5.56 Å². The first-order chi connectivity index (χ1) is 18.6. The van der Waals surface area contributed by atoms with Crippen LogP contribution < -0.4 is 4.90 Å². The first-order valence-electron chi connectivity index (χ1n) is 12.1. The Hall–Kier alpha value is -3.89. The molecule has 0 bridgehead atoms. The molecular formula is C28H18BrClN2O7. The van der Waals surface area contributed by atoms with Crippen molar-refractivity contribution in [2.45, 2.75) is 18.8 Å². The van der Waals surface area contributed by atoms with E-state index in [1.54, 1.807) is 6.07 Å². The fraction of sp³-hybridized carbons (Fsp3) is 0.214. The Morgan fingerprint density at radius 1 is 1.03 bits per heavy atom. The van der Waals surface area contributed by atoms with Gasteiger partial charge in [-0.25, -0.2) is 0 Å². The van der Waals surface area contributed by atoms with E-state index in [4.69, 9.17) is 11.6 Å². The molecule has 1 heterocycles. The minimum absolute atomic E-state index is 0.0630. The van der Waals surface area contributed by atoms with Crippen LogP contribution in [0.3, 0.4) is 0 Å². The number of amides is 2. The number of allylic oxidation sites excluding steroid dienone is 6. The molecule has 1 aliphatic heterocycles. The maximum Gasteiger partial charge on any atom is 0.269 e. The number of carbonyl (C=O) groups is 4.